The predicted octanol–water partition coefficient (Wildman–Crippen LogP) is 5.73. The smallest absolute Gasteiger partial charge is 0.328 e. The van der Waals surface area contributed by atoms with Crippen molar-refractivity contribution in [3.05, 3.63) is 126 Å². The van der Waals surface area contributed by atoms with E-state index in [1.54, 1.807) is 6.07 Å². The van der Waals surface area contributed by atoms with E-state index in [1.165, 1.54) is 0 Å². The minimum atomic E-state index is -0.788. The molecule has 4 heteroatoms. The van der Waals surface area contributed by atoms with Crippen molar-refractivity contribution >= 4 is 5.97 Å². The van der Waals surface area contributed by atoms with Crippen LogP contribution in [0.2, 0.25) is 0 Å². The average molecular weight is 421 g/mol. The monoisotopic (exact) mass is 421 g/mol. The Morgan fingerprint density at radius 1 is 0.688 bits per heavy atom. The Morgan fingerprint density at radius 3 is 1.94 bits per heavy atom. The van der Waals surface area contributed by atoms with E-state index in [2.05, 4.69) is 5.32 Å². The second kappa shape index (κ2) is 8.69. The molecule has 5 rings (SSSR count). The second-order valence-corrected chi connectivity index (χ2v) is 7.90. The maximum Gasteiger partial charge on any atom is 0.328 e. The highest BCUT2D eigenvalue weighted by molar-refractivity contribution is 5.81. The van der Waals surface area contributed by atoms with Crippen molar-refractivity contribution in [1.82, 2.24) is 5.32 Å². The van der Waals surface area contributed by atoms with Crippen LogP contribution in [-0.4, -0.2) is 11.1 Å². The van der Waals surface area contributed by atoms with Gasteiger partial charge in [0.2, 0.25) is 0 Å². The van der Waals surface area contributed by atoms with Crippen LogP contribution < -0.4 is 5.32 Å². The number of phenols is 1. The lowest BCUT2D eigenvalue weighted by molar-refractivity contribution is -0.161. The highest BCUT2D eigenvalue weighted by atomic mass is 16.5. The van der Waals surface area contributed by atoms with E-state index in [-0.39, 0.29) is 11.8 Å². The average Bonchev–Trinajstić information content (AvgIpc) is 2.86. The third-order valence-corrected chi connectivity index (χ3v) is 5.86. The van der Waals surface area contributed by atoms with Crippen LogP contribution in [0.5, 0.6) is 5.75 Å². The molecular formula is C28H23NO3. The Kier molecular flexibility index (Phi) is 5.44. The highest BCUT2D eigenvalue weighted by Crippen LogP contribution is 2.41. The summed E-state index contributed by atoms with van der Waals surface area (Å²) in [6, 6.07) is 33.8. The first kappa shape index (κ1) is 20.0. The normalized spacial score (nSPS) is 20.5. The number of hydrogen-bond acceptors (Lipinski definition) is 4. The van der Waals surface area contributed by atoms with Crippen molar-refractivity contribution in [3.63, 3.8) is 0 Å². The van der Waals surface area contributed by atoms with E-state index in [0.717, 1.165) is 22.3 Å². The van der Waals surface area contributed by atoms with Crippen LogP contribution in [0.3, 0.4) is 0 Å². The third kappa shape index (κ3) is 3.88. The number of rotatable bonds is 4. The van der Waals surface area contributed by atoms with Crippen LogP contribution in [-0.2, 0) is 9.53 Å². The Labute approximate surface area is 187 Å². The number of cyclic esters (lactones) is 1. The summed E-state index contributed by atoms with van der Waals surface area (Å²) in [5.74, 6) is -0.351. The van der Waals surface area contributed by atoms with Crippen LogP contribution >= 0.6 is 0 Å². The molecule has 4 nitrogen and oxygen atoms in total. The number of carbonyl (C=O) groups is 1. The van der Waals surface area contributed by atoms with Crippen LogP contribution in [0.1, 0.15) is 34.9 Å². The summed E-state index contributed by atoms with van der Waals surface area (Å²) >= 11 is 0. The molecule has 0 saturated carbocycles. The molecule has 4 aromatic carbocycles. The van der Waals surface area contributed by atoms with Gasteiger partial charge in [0.25, 0.3) is 0 Å². The first-order valence-corrected chi connectivity index (χ1v) is 10.7. The molecule has 0 radical (unpaired) electrons. The van der Waals surface area contributed by atoms with Crippen molar-refractivity contribution in [2.24, 2.45) is 0 Å². The molecule has 1 aliphatic heterocycles. The van der Waals surface area contributed by atoms with E-state index >= 15 is 0 Å². The maximum absolute atomic E-state index is 13.2. The predicted molar refractivity (Wildman–Crippen MR) is 124 cm³/mol. The van der Waals surface area contributed by atoms with E-state index in [9.17, 15) is 9.90 Å². The van der Waals surface area contributed by atoms with Gasteiger partial charge in [-0.3, -0.25) is 5.32 Å². The molecule has 158 valence electrons. The van der Waals surface area contributed by atoms with Gasteiger partial charge >= 0.3 is 5.97 Å². The van der Waals surface area contributed by atoms with E-state index in [0.29, 0.717) is 5.56 Å². The summed E-state index contributed by atoms with van der Waals surface area (Å²) in [6.45, 7) is 0. The number of benzene rings is 4. The van der Waals surface area contributed by atoms with Gasteiger partial charge in [-0.05, 0) is 34.4 Å². The van der Waals surface area contributed by atoms with Gasteiger partial charge in [-0.1, -0.05) is 97.1 Å². The van der Waals surface area contributed by atoms with Gasteiger partial charge in [0.05, 0.1) is 6.04 Å². The van der Waals surface area contributed by atoms with Crippen LogP contribution in [0, 0.1) is 0 Å². The molecule has 0 spiro atoms. The molecule has 1 fully saturated rings. The zero-order chi connectivity index (χ0) is 21.9. The van der Waals surface area contributed by atoms with Gasteiger partial charge in [-0.2, -0.15) is 0 Å². The minimum absolute atomic E-state index is 0.0594. The lowest BCUT2D eigenvalue weighted by Gasteiger charge is -2.37. The number of phenolic OH excluding ortho intramolecular Hbond substituents is 1. The summed E-state index contributed by atoms with van der Waals surface area (Å²) < 4.78 is 5.99. The first-order chi connectivity index (χ1) is 15.7. The minimum Gasteiger partial charge on any atom is -0.508 e. The van der Waals surface area contributed by atoms with Gasteiger partial charge < -0.3 is 9.84 Å². The molecule has 32 heavy (non-hydrogen) atoms. The van der Waals surface area contributed by atoms with E-state index in [1.807, 2.05) is 103 Å². The summed E-state index contributed by atoms with van der Waals surface area (Å²) in [5.41, 5.74) is 4.37. The second-order valence-electron chi connectivity index (χ2n) is 7.90. The summed E-state index contributed by atoms with van der Waals surface area (Å²) in [5, 5.41) is 14.1. The Bertz CT molecular complexity index is 1210. The lowest BCUT2D eigenvalue weighted by atomic mass is 9.90. The fourth-order valence-electron chi connectivity index (χ4n) is 4.24. The summed E-state index contributed by atoms with van der Waals surface area (Å²) in [4.78, 5) is 13.2. The fourth-order valence-corrected chi connectivity index (χ4v) is 4.24. The molecule has 3 atom stereocenters. The number of esters is 1. The van der Waals surface area contributed by atoms with Gasteiger partial charge in [-0.25, -0.2) is 4.79 Å². The standard InChI is InChI=1S/C28H23NO3/c30-24-17-16-22(19-10-4-1-5-11-19)18-23(24)26-28(31)32-27(21-14-8-3-9-15-21)25(29-26)20-12-6-2-7-13-20/h1-18,25-27,29-30H/t25-,26-,27+/m0/s1. The SMILES string of the molecule is O=C1O[C@H](c2ccccc2)[C@H](c2ccccc2)N[C@H]1c1cc(-c2ccccc2)ccc1O. The molecular weight excluding hydrogens is 398 g/mol. The molecule has 0 bridgehead atoms. The molecule has 1 heterocycles. The molecule has 0 amide bonds. The Morgan fingerprint density at radius 2 is 1.28 bits per heavy atom. The van der Waals surface area contributed by atoms with Crippen molar-refractivity contribution in [3.8, 4) is 16.9 Å². The topological polar surface area (TPSA) is 58.6 Å². The van der Waals surface area contributed by atoms with Crippen molar-refractivity contribution in [2.75, 3.05) is 0 Å². The van der Waals surface area contributed by atoms with E-state index in [4.69, 9.17) is 4.74 Å². The van der Waals surface area contributed by atoms with Crippen LogP contribution in [0.4, 0.5) is 0 Å². The maximum atomic E-state index is 13.2. The van der Waals surface area contributed by atoms with Gasteiger partial charge in [0, 0.05) is 5.56 Å². The lowest BCUT2D eigenvalue weighted by Crippen LogP contribution is -2.43. The van der Waals surface area contributed by atoms with Crippen molar-refractivity contribution in [2.45, 2.75) is 18.2 Å². The molecule has 1 aliphatic rings. The number of hydrogen-bond donors (Lipinski definition) is 2. The van der Waals surface area contributed by atoms with Crippen molar-refractivity contribution in [1.29, 1.82) is 0 Å². The van der Waals surface area contributed by atoms with Gasteiger partial charge in [0.15, 0.2) is 0 Å². The van der Waals surface area contributed by atoms with Gasteiger partial charge in [-0.15, -0.1) is 0 Å². The number of morpholine rings is 1. The highest BCUT2D eigenvalue weighted by Gasteiger charge is 2.40. The summed E-state index contributed by atoms with van der Waals surface area (Å²) in [7, 11) is 0. The van der Waals surface area contributed by atoms with Crippen molar-refractivity contribution < 1.29 is 14.6 Å². The third-order valence-electron chi connectivity index (χ3n) is 5.86. The van der Waals surface area contributed by atoms with Crippen LogP contribution in [0.15, 0.2) is 109 Å². The molecule has 0 aliphatic carbocycles. The molecule has 0 aromatic heterocycles. The Hall–Kier alpha value is -3.89. The van der Waals surface area contributed by atoms with Gasteiger partial charge in [0.1, 0.15) is 17.9 Å². The number of nitrogens with one attached hydrogen (secondary N) is 1. The largest absolute Gasteiger partial charge is 0.508 e. The molecule has 0 unspecified atom stereocenters. The Balaban J connectivity index is 1.54. The van der Waals surface area contributed by atoms with Crippen LogP contribution in [0.25, 0.3) is 11.1 Å². The fraction of sp³-hybridized carbons (Fsp3) is 0.107. The number of carbonyl (C=O) groups excluding carboxylic acids is 1. The quantitative estimate of drug-likeness (QED) is 0.413. The molecule has 1 saturated heterocycles. The van der Waals surface area contributed by atoms with E-state index < -0.39 is 18.1 Å². The number of aromatic hydroxyl groups is 1. The number of ether oxygens (including phenoxy) is 1. The zero-order valence-corrected chi connectivity index (χ0v) is 17.4. The summed E-state index contributed by atoms with van der Waals surface area (Å²) in [6.07, 6.45) is -0.471. The first-order valence-electron chi connectivity index (χ1n) is 10.7. The molecule has 4 aromatic rings. The molecule has 2 N–H and O–H groups in total. The zero-order valence-electron chi connectivity index (χ0n) is 17.4.